The van der Waals surface area contributed by atoms with Crippen molar-refractivity contribution < 1.29 is 13.2 Å². The van der Waals surface area contributed by atoms with Gasteiger partial charge in [0.15, 0.2) is 0 Å². The number of carbonyl (C=O) groups excluding carboxylic acids is 1. The summed E-state index contributed by atoms with van der Waals surface area (Å²) in [7, 11) is -3.47. The second-order valence-electron chi connectivity index (χ2n) is 7.95. The third-order valence-electron chi connectivity index (χ3n) is 5.68. The molecule has 0 saturated carbocycles. The summed E-state index contributed by atoms with van der Waals surface area (Å²) in [4.78, 5) is 15.3. The molecular formula is C27H32N2O3S. The second kappa shape index (κ2) is 11.8. The molecule has 0 aliphatic carbocycles. The highest BCUT2D eigenvalue weighted by Gasteiger charge is 2.21. The molecule has 1 amide bonds. The number of amides is 1. The van der Waals surface area contributed by atoms with E-state index in [-0.39, 0.29) is 10.8 Å². The largest absolute Gasteiger partial charge is 0.334 e. The molecule has 0 saturated heterocycles. The monoisotopic (exact) mass is 464 g/mol. The zero-order valence-electron chi connectivity index (χ0n) is 19.4. The fourth-order valence-electron chi connectivity index (χ4n) is 3.79. The normalized spacial score (nSPS) is 11.5. The number of rotatable bonds is 11. The number of aryl methyl sites for hydroxylation is 1. The van der Waals surface area contributed by atoms with Gasteiger partial charge in [0, 0.05) is 32.6 Å². The van der Waals surface area contributed by atoms with E-state index in [0.717, 1.165) is 16.7 Å². The van der Waals surface area contributed by atoms with Crippen molar-refractivity contribution in [3.05, 3.63) is 102 Å². The van der Waals surface area contributed by atoms with Crippen LogP contribution in [-0.2, 0) is 34.3 Å². The van der Waals surface area contributed by atoms with E-state index in [1.807, 2.05) is 91.5 Å². The van der Waals surface area contributed by atoms with Crippen LogP contribution in [0.1, 0.15) is 37.0 Å². The van der Waals surface area contributed by atoms with Crippen LogP contribution in [0, 0.1) is 0 Å². The highest BCUT2D eigenvalue weighted by Crippen LogP contribution is 2.18. The average molecular weight is 465 g/mol. The Balaban J connectivity index is 1.68. The van der Waals surface area contributed by atoms with Crippen LogP contribution in [0.2, 0.25) is 0 Å². The molecule has 0 heterocycles. The fourth-order valence-corrected chi connectivity index (χ4v) is 5.25. The minimum Gasteiger partial charge on any atom is -0.334 e. The summed E-state index contributed by atoms with van der Waals surface area (Å²) in [5, 5.41) is 0. The molecule has 0 aliphatic rings. The van der Waals surface area contributed by atoms with Crippen molar-refractivity contribution in [1.82, 2.24) is 9.21 Å². The first-order chi connectivity index (χ1) is 15.9. The summed E-state index contributed by atoms with van der Waals surface area (Å²) < 4.78 is 26.8. The van der Waals surface area contributed by atoms with Crippen LogP contribution in [0.4, 0.5) is 0 Å². The summed E-state index contributed by atoms with van der Waals surface area (Å²) in [6, 6.07) is 26.9. The molecule has 0 aromatic heterocycles. The van der Waals surface area contributed by atoms with Crippen LogP contribution < -0.4 is 0 Å². The predicted molar refractivity (Wildman–Crippen MR) is 132 cm³/mol. The van der Waals surface area contributed by atoms with Gasteiger partial charge in [0.25, 0.3) is 0 Å². The topological polar surface area (TPSA) is 57.7 Å². The number of hydrogen-bond donors (Lipinski definition) is 0. The molecular weight excluding hydrogens is 432 g/mol. The van der Waals surface area contributed by atoms with E-state index in [4.69, 9.17) is 0 Å². The lowest BCUT2D eigenvalue weighted by atomic mass is 10.1. The van der Waals surface area contributed by atoms with Crippen molar-refractivity contribution in [3.63, 3.8) is 0 Å². The highest BCUT2D eigenvalue weighted by atomic mass is 32.2. The minimum atomic E-state index is -3.47. The summed E-state index contributed by atoms with van der Waals surface area (Å²) >= 11 is 0. The van der Waals surface area contributed by atoms with Gasteiger partial charge in [-0.2, -0.15) is 4.31 Å². The lowest BCUT2D eigenvalue weighted by Crippen LogP contribution is -2.30. The van der Waals surface area contributed by atoms with Gasteiger partial charge >= 0.3 is 0 Å². The number of nitrogens with zero attached hydrogens (tertiary/aromatic N) is 2. The van der Waals surface area contributed by atoms with E-state index in [0.29, 0.717) is 39.0 Å². The van der Waals surface area contributed by atoms with E-state index < -0.39 is 10.0 Å². The van der Waals surface area contributed by atoms with E-state index in [1.54, 1.807) is 12.1 Å². The molecule has 0 aliphatic heterocycles. The zero-order valence-corrected chi connectivity index (χ0v) is 20.2. The molecule has 3 aromatic carbocycles. The number of benzene rings is 3. The van der Waals surface area contributed by atoms with Crippen LogP contribution in [0.15, 0.2) is 89.8 Å². The Morgan fingerprint density at radius 1 is 0.697 bits per heavy atom. The summed E-state index contributed by atoms with van der Waals surface area (Å²) in [6.07, 6.45) is 0.923. The van der Waals surface area contributed by atoms with Gasteiger partial charge in [-0.05, 0) is 35.2 Å². The van der Waals surface area contributed by atoms with Crippen molar-refractivity contribution in [2.45, 2.75) is 44.7 Å². The molecule has 5 nitrogen and oxygen atoms in total. The molecule has 0 spiro atoms. The second-order valence-corrected chi connectivity index (χ2v) is 9.89. The van der Waals surface area contributed by atoms with Crippen molar-refractivity contribution >= 4 is 15.9 Å². The number of carbonyl (C=O) groups is 1. The molecule has 0 radical (unpaired) electrons. The van der Waals surface area contributed by atoms with Crippen molar-refractivity contribution in [3.8, 4) is 0 Å². The molecule has 3 rings (SSSR count). The number of hydrogen-bond acceptors (Lipinski definition) is 3. The van der Waals surface area contributed by atoms with Crippen LogP contribution in [-0.4, -0.2) is 36.6 Å². The maximum absolute atomic E-state index is 13.1. The van der Waals surface area contributed by atoms with Crippen LogP contribution in [0.3, 0.4) is 0 Å². The van der Waals surface area contributed by atoms with Crippen molar-refractivity contribution in [2.75, 3.05) is 13.1 Å². The first-order valence-corrected chi connectivity index (χ1v) is 12.8. The molecule has 6 heteroatoms. The standard InChI is InChI=1S/C27H32N2O3S/c1-3-29(4-2)33(31,32)26-18-15-23(16-19-26)17-20-27(30)28(21-24-11-7-5-8-12-24)22-25-13-9-6-10-14-25/h5-16,18-19H,3-4,17,20-22H2,1-2H3. The van der Waals surface area contributed by atoms with Gasteiger partial charge in [-0.1, -0.05) is 86.6 Å². The molecule has 0 fully saturated rings. The molecule has 33 heavy (non-hydrogen) atoms. The zero-order chi connectivity index (χ0) is 23.7. The molecule has 174 valence electrons. The predicted octanol–water partition coefficient (Wildman–Crippen LogP) is 4.88. The Bertz CT molecular complexity index is 1070. The van der Waals surface area contributed by atoms with Crippen molar-refractivity contribution in [1.29, 1.82) is 0 Å². The average Bonchev–Trinajstić information content (AvgIpc) is 2.84. The highest BCUT2D eigenvalue weighted by molar-refractivity contribution is 7.89. The van der Waals surface area contributed by atoms with Gasteiger partial charge in [-0.15, -0.1) is 0 Å². The van der Waals surface area contributed by atoms with E-state index >= 15 is 0 Å². The quantitative estimate of drug-likeness (QED) is 0.406. The lowest BCUT2D eigenvalue weighted by Gasteiger charge is -2.23. The van der Waals surface area contributed by atoms with Gasteiger partial charge in [0.1, 0.15) is 0 Å². The van der Waals surface area contributed by atoms with Gasteiger partial charge in [0.2, 0.25) is 15.9 Å². The first-order valence-electron chi connectivity index (χ1n) is 11.4. The lowest BCUT2D eigenvalue weighted by molar-refractivity contribution is -0.132. The van der Waals surface area contributed by atoms with E-state index in [1.165, 1.54) is 4.31 Å². The third kappa shape index (κ3) is 6.76. The summed E-state index contributed by atoms with van der Waals surface area (Å²) in [6.45, 7) is 5.64. The smallest absolute Gasteiger partial charge is 0.243 e. The van der Waals surface area contributed by atoms with Crippen LogP contribution in [0.25, 0.3) is 0 Å². The Hall–Kier alpha value is -2.96. The SMILES string of the molecule is CCN(CC)S(=O)(=O)c1ccc(CCC(=O)N(Cc2ccccc2)Cc2ccccc2)cc1. The Labute approximate surface area is 197 Å². The summed E-state index contributed by atoms with van der Waals surface area (Å²) in [5.41, 5.74) is 3.13. The van der Waals surface area contributed by atoms with Gasteiger partial charge in [-0.3, -0.25) is 4.79 Å². The van der Waals surface area contributed by atoms with Gasteiger partial charge in [-0.25, -0.2) is 8.42 Å². The molecule has 3 aromatic rings. The summed E-state index contributed by atoms with van der Waals surface area (Å²) in [5.74, 6) is 0.0718. The van der Waals surface area contributed by atoms with Gasteiger partial charge < -0.3 is 4.90 Å². The van der Waals surface area contributed by atoms with Gasteiger partial charge in [0.05, 0.1) is 4.90 Å². The van der Waals surface area contributed by atoms with Crippen LogP contribution in [0.5, 0.6) is 0 Å². The first kappa shape index (κ1) is 24.7. The van der Waals surface area contributed by atoms with Crippen molar-refractivity contribution in [2.24, 2.45) is 0 Å². The third-order valence-corrected chi connectivity index (χ3v) is 7.74. The number of sulfonamides is 1. The van der Waals surface area contributed by atoms with Crippen LogP contribution >= 0.6 is 0 Å². The Morgan fingerprint density at radius 2 is 1.18 bits per heavy atom. The maximum atomic E-state index is 13.1. The Morgan fingerprint density at radius 3 is 1.64 bits per heavy atom. The Kier molecular flexibility index (Phi) is 8.80. The maximum Gasteiger partial charge on any atom is 0.243 e. The molecule has 0 atom stereocenters. The minimum absolute atomic E-state index is 0.0718. The van der Waals surface area contributed by atoms with E-state index in [2.05, 4.69) is 0 Å². The molecule has 0 N–H and O–H groups in total. The van der Waals surface area contributed by atoms with E-state index in [9.17, 15) is 13.2 Å². The fraction of sp³-hybridized carbons (Fsp3) is 0.296. The molecule has 0 unspecified atom stereocenters. The molecule has 0 bridgehead atoms.